The molecule has 0 aliphatic heterocycles. The third-order valence-electron chi connectivity index (χ3n) is 3.13. The van der Waals surface area contributed by atoms with E-state index in [-0.39, 0.29) is 19.0 Å². The number of carbonyl (C=O) groups excluding carboxylic acids is 1. The molecular weight excluding hydrogens is 220 g/mol. The first-order valence-corrected chi connectivity index (χ1v) is 5.90. The van der Waals surface area contributed by atoms with Gasteiger partial charge >= 0.3 is 5.97 Å². The zero-order valence-corrected chi connectivity index (χ0v) is 10.0. The Kier molecular flexibility index (Phi) is 4.69. The number of aliphatic carboxylic acids is 1. The number of carboxylic acid groups (broad SMARTS) is 1. The Morgan fingerprint density at radius 1 is 1.35 bits per heavy atom. The predicted octanol–water partition coefficient (Wildman–Crippen LogP) is 0.747. The SMILES string of the molecule is C=CCN(CC(=O)O)C(=O)C1(N)CCCCC1. The molecule has 0 spiro atoms. The minimum absolute atomic E-state index is 0.226. The van der Waals surface area contributed by atoms with Crippen molar-refractivity contribution in [1.82, 2.24) is 4.90 Å². The maximum atomic E-state index is 12.2. The van der Waals surface area contributed by atoms with Crippen molar-refractivity contribution in [3.8, 4) is 0 Å². The summed E-state index contributed by atoms with van der Waals surface area (Å²) in [5.41, 5.74) is 5.21. The van der Waals surface area contributed by atoms with Crippen molar-refractivity contribution in [1.29, 1.82) is 0 Å². The Labute approximate surface area is 101 Å². The van der Waals surface area contributed by atoms with Gasteiger partial charge in [-0.2, -0.15) is 0 Å². The molecule has 1 saturated carbocycles. The van der Waals surface area contributed by atoms with Crippen LogP contribution in [0.3, 0.4) is 0 Å². The van der Waals surface area contributed by atoms with Gasteiger partial charge in [-0.05, 0) is 12.8 Å². The molecule has 3 N–H and O–H groups in total. The number of rotatable bonds is 5. The Morgan fingerprint density at radius 2 is 1.94 bits per heavy atom. The molecule has 1 fully saturated rings. The molecule has 0 unspecified atom stereocenters. The van der Waals surface area contributed by atoms with Crippen LogP contribution < -0.4 is 5.73 Å². The summed E-state index contributed by atoms with van der Waals surface area (Å²) in [6, 6.07) is 0. The van der Waals surface area contributed by atoms with Crippen LogP contribution in [0.15, 0.2) is 12.7 Å². The lowest BCUT2D eigenvalue weighted by Crippen LogP contribution is -2.57. The summed E-state index contributed by atoms with van der Waals surface area (Å²) in [5, 5.41) is 8.77. The summed E-state index contributed by atoms with van der Waals surface area (Å²) < 4.78 is 0. The molecule has 0 aromatic carbocycles. The van der Waals surface area contributed by atoms with E-state index in [1.165, 1.54) is 11.0 Å². The maximum absolute atomic E-state index is 12.2. The first-order chi connectivity index (χ1) is 7.99. The summed E-state index contributed by atoms with van der Waals surface area (Å²) in [5.74, 6) is -1.29. The largest absolute Gasteiger partial charge is 0.480 e. The maximum Gasteiger partial charge on any atom is 0.323 e. The highest BCUT2D eigenvalue weighted by molar-refractivity contribution is 5.89. The molecule has 1 aliphatic rings. The Balaban J connectivity index is 2.74. The molecule has 5 heteroatoms. The molecule has 96 valence electrons. The van der Waals surface area contributed by atoms with Gasteiger partial charge in [-0.15, -0.1) is 6.58 Å². The van der Waals surface area contributed by atoms with Crippen molar-refractivity contribution in [2.45, 2.75) is 37.6 Å². The second-order valence-electron chi connectivity index (χ2n) is 4.58. The molecular formula is C12H20N2O3. The van der Waals surface area contributed by atoms with Crippen LogP contribution in [0.5, 0.6) is 0 Å². The van der Waals surface area contributed by atoms with Crippen LogP contribution in [0.2, 0.25) is 0 Å². The van der Waals surface area contributed by atoms with E-state index in [1.54, 1.807) is 0 Å². The molecule has 0 radical (unpaired) electrons. The average molecular weight is 240 g/mol. The van der Waals surface area contributed by atoms with Crippen LogP contribution in [0.1, 0.15) is 32.1 Å². The molecule has 1 amide bonds. The van der Waals surface area contributed by atoms with Gasteiger partial charge in [-0.1, -0.05) is 25.3 Å². The minimum atomic E-state index is -1.03. The molecule has 5 nitrogen and oxygen atoms in total. The van der Waals surface area contributed by atoms with Crippen LogP contribution >= 0.6 is 0 Å². The monoisotopic (exact) mass is 240 g/mol. The second kappa shape index (κ2) is 5.82. The number of carboxylic acids is 1. The third kappa shape index (κ3) is 3.56. The van der Waals surface area contributed by atoms with E-state index in [0.717, 1.165) is 19.3 Å². The van der Waals surface area contributed by atoms with Gasteiger partial charge in [0.1, 0.15) is 6.54 Å². The molecule has 0 aromatic heterocycles. The molecule has 1 aliphatic carbocycles. The van der Waals surface area contributed by atoms with Crippen molar-refractivity contribution in [3.63, 3.8) is 0 Å². The Bertz CT molecular complexity index is 309. The van der Waals surface area contributed by atoms with E-state index >= 15 is 0 Å². The highest BCUT2D eigenvalue weighted by Gasteiger charge is 2.38. The normalized spacial score (nSPS) is 18.4. The highest BCUT2D eigenvalue weighted by Crippen LogP contribution is 2.27. The number of nitrogens with zero attached hydrogens (tertiary/aromatic N) is 1. The lowest BCUT2D eigenvalue weighted by atomic mass is 9.81. The second-order valence-corrected chi connectivity index (χ2v) is 4.58. The average Bonchev–Trinajstić information content (AvgIpc) is 2.28. The van der Waals surface area contributed by atoms with Crippen molar-refractivity contribution >= 4 is 11.9 Å². The first kappa shape index (κ1) is 13.7. The minimum Gasteiger partial charge on any atom is -0.480 e. The summed E-state index contributed by atoms with van der Waals surface area (Å²) >= 11 is 0. The van der Waals surface area contributed by atoms with Gasteiger partial charge in [0.25, 0.3) is 0 Å². The van der Waals surface area contributed by atoms with E-state index in [1.807, 2.05) is 0 Å². The Hall–Kier alpha value is -1.36. The zero-order valence-electron chi connectivity index (χ0n) is 10.0. The van der Waals surface area contributed by atoms with E-state index in [0.29, 0.717) is 12.8 Å². The highest BCUT2D eigenvalue weighted by atomic mass is 16.4. The molecule has 0 saturated heterocycles. The third-order valence-corrected chi connectivity index (χ3v) is 3.13. The van der Waals surface area contributed by atoms with Gasteiger partial charge < -0.3 is 15.7 Å². The van der Waals surface area contributed by atoms with Gasteiger partial charge in [0.15, 0.2) is 0 Å². The fourth-order valence-corrected chi connectivity index (χ4v) is 2.25. The molecule has 0 heterocycles. The van der Waals surface area contributed by atoms with Crippen LogP contribution in [-0.4, -0.2) is 40.5 Å². The summed E-state index contributed by atoms with van der Waals surface area (Å²) in [7, 11) is 0. The number of nitrogens with two attached hydrogens (primary N) is 1. The smallest absolute Gasteiger partial charge is 0.323 e. The van der Waals surface area contributed by atoms with Gasteiger partial charge in [0.05, 0.1) is 5.54 Å². The van der Waals surface area contributed by atoms with E-state index in [4.69, 9.17) is 10.8 Å². The van der Waals surface area contributed by atoms with E-state index in [2.05, 4.69) is 6.58 Å². The van der Waals surface area contributed by atoms with E-state index in [9.17, 15) is 9.59 Å². The standard InChI is InChI=1S/C12H20N2O3/c1-2-8-14(9-10(15)16)11(17)12(13)6-4-3-5-7-12/h2H,1,3-9,13H2,(H,15,16). The molecule has 17 heavy (non-hydrogen) atoms. The first-order valence-electron chi connectivity index (χ1n) is 5.90. The number of amides is 1. The molecule has 0 aromatic rings. The van der Waals surface area contributed by atoms with Crippen LogP contribution in [0.25, 0.3) is 0 Å². The number of hydrogen-bond donors (Lipinski definition) is 2. The van der Waals surface area contributed by atoms with Crippen molar-refractivity contribution in [2.75, 3.05) is 13.1 Å². The summed E-state index contributed by atoms with van der Waals surface area (Å²) in [6.07, 6.45) is 5.74. The quantitative estimate of drug-likeness (QED) is 0.694. The molecule has 0 bridgehead atoms. The lowest BCUT2D eigenvalue weighted by molar-refractivity contribution is -0.147. The van der Waals surface area contributed by atoms with E-state index < -0.39 is 11.5 Å². The lowest BCUT2D eigenvalue weighted by Gasteiger charge is -2.36. The number of hydrogen-bond acceptors (Lipinski definition) is 3. The van der Waals surface area contributed by atoms with Gasteiger partial charge in [0.2, 0.25) is 5.91 Å². The van der Waals surface area contributed by atoms with Crippen LogP contribution in [0, 0.1) is 0 Å². The van der Waals surface area contributed by atoms with Gasteiger partial charge in [-0.3, -0.25) is 9.59 Å². The zero-order chi connectivity index (χ0) is 12.9. The van der Waals surface area contributed by atoms with Gasteiger partial charge in [0, 0.05) is 6.54 Å². The fourth-order valence-electron chi connectivity index (χ4n) is 2.25. The molecule has 1 rings (SSSR count). The summed E-state index contributed by atoms with van der Waals surface area (Å²) in [6.45, 7) is 3.44. The van der Waals surface area contributed by atoms with Crippen molar-refractivity contribution in [2.24, 2.45) is 5.73 Å². The summed E-state index contributed by atoms with van der Waals surface area (Å²) in [4.78, 5) is 24.2. The number of carbonyl (C=O) groups is 2. The van der Waals surface area contributed by atoms with Crippen molar-refractivity contribution < 1.29 is 14.7 Å². The molecule has 0 atom stereocenters. The van der Waals surface area contributed by atoms with Gasteiger partial charge in [-0.25, -0.2) is 0 Å². The Morgan fingerprint density at radius 3 is 2.41 bits per heavy atom. The fraction of sp³-hybridized carbons (Fsp3) is 0.667. The van der Waals surface area contributed by atoms with Crippen LogP contribution in [0.4, 0.5) is 0 Å². The van der Waals surface area contributed by atoms with Crippen molar-refractivity contribution in [3.05, 3.63) is 12.7 Å². The predicted molar refractivity (Wildman–Crippen MR) is 64.4 cm³/mol. The van der Waals surface area contributed by atoms with Crippen LogP contribution in [-0.2, 0) is 9.59 Å². The topological polar surface area (TPSA) is 83.6 Å².